The van der Waals surface area contributed by atoms with Gasteiger partial charge in [-0.3, -0.25) is 9.89 Å². The monoisotopic (exact) mass is 442 g/mol. The van der Waals surface area contributed by atoms with Gasteiger partial charge in [0.1, 0.15) is 12.4 Å². The molecule has 3 N–H and O–H groups in total. The normalized spacial score (nSPS) is 16.4. The highest BCUT2D eigenvalue weighted by molar-refractivity contribution is 6.02. The lowest BCUT2D eigenvalue weighted by molar-refractivity contribution is 0.0919. The Morgan fingerprint density at radius 2 is 1.91 bits per heavy atom. The molecule has 33 heavy (non-hydrogen) atoms. The number of fused-ring (bicyclic) bond motifs is 2. The SMILES string of the molecule is CC(C)(C)NC(=O)c1ccc2[nH]nc(-c3ccc4cc(OC[C@@H]5CCCN5)ccc4c3)c2c1. The summed E-state index contributed by atoms with van der Waals surface area (Å²) in [5.41, 5.74) is 3.08. The zero-order chi connectivity index (χ0) is 23.0. The average Bonchev–Trinajstić information content (AvgIpc) is 3.45. The first kappa shape index (κ1) is 21.5. The second kappa shape index (κ2) is 8.52. The molecule has 1 saturated heterocycles. The van der Waals surface area contributed by atoms with Crippen molar-refractivity contribution in [3.8, 4) is 17.0 Å². The van der Waals surface area contributed by atoms with Crippen molar-refractivity contribution in [2.45, 2.75) is 45.2 Å². The predicted octanol–water partition coefficient (Wildman–Crippen LogP) is 5.04. The lowest BCUT2D eigenvalue weighted by Gasteiger charge is -2.20. The Kier molecular flexibility index (Phi) is 5.54. The van der Waals surface area contributed by atoms with E-state index in [-0.39, 0.29) is 11.4 Å². The maximum atomic E-state index is 12.7. The van der Waals surface area contributed by atoms with E-state index >= 15 is 0 Å². The summed E-state index contributed by atoms with van der Waals surface area (Å²) in [4.78, 5) is 12.7. The molecule has 1 aliphatic heterocycles. The third kappa shape index (κ3) is 4.71. The molecule has 0 unspecified atom stereocenters. The number of H-pyrrole nitrogens is 1. The standard InChI is InChI=1S/C27H30N4O2/c1-27(2,3)29-26(32)20-9-11-24-23(15-20)25(31-30-24)19-7-6-18-14-22(10-8-17(18)13-19)33-16-21-5-4-12-28-21/h6-11,13-15,21,28H,4-5,12,16H2,1-3H3,(H,29,32)(H,30,31)/t21-/m0/s1. The molecule has 1 aliphatic rings. The number of carbonyl (C=O) groups excluding carboxylic acids is 1. The van der Waals surface area contributed by atoms with E-state index in [1.54, 1.807) is 0 Å². The number of hydrogen-bond donors (Lipinski definition) is 3. The number of benzene rings is 3. The zero-order valence-electron chi connectivity index (χ0n) is 19.4. The summed E-state index contributed by atoms with van der Waals surface area (Å²) < 4.78 is 6.01. The fourth-order valence-corrected chi connectivity index (χ4v) is 4.34. The number of aromatic amines is 1. The number of nitrogens with one attached hydrogen (secondary N) is 3. The second-order valence-electron chi connectivity index (χ2n) is 9.86. The lowest BCUT2D eigenvalue weighted by Crippen LogP contribution is -2.40. The molecule has 1 fully saturated rings. The van der Waals surface area contributed by atoms with Gasteiger partial charge in [0.05, 0.1) is 11.2 Å². The summed E-state index contributed by atoms with van der Waals surface area (Å²) in [6, 6.07) is 18.6. The van der Waals surface area contributed by atoms with Gasteiger partial charge in [0.15, 0.2) is 0 Å². The predicted molar refractivity (Wildman–Crippen MR) is 133 cm³/mol. The Hall–Kier alpha value is -3.38. The molecule has 0 radical (unpaired) electrons. The van der Waals surface area contributed by atoms with Crippen LogP contribution in [0.1, 0.15) is 44.0 Å². The number of hydrogen-bond acceptors (Lipinski definition) is 4. The summed E-state index contributed by atoms with van der Waals surface area (Å²) >= 11 is 0. The Labute approximate surface area is 193 Å². The van der Waals surface area contributed by atoms with E-state index in [2.05, 4.69) is 51.2 Å². The number of amides is 1. The van der Waals surface area contributed by atoms with Crippen LogP contribution in [0.2, 0.25) is 0 Å². The first-order valence-corrected chi connectivity index (χ1v) is 11.6. The van der Waals surface area contributed by atoms with E-state index in [0.29, 0.717) is 18.2 Å². The summed E-state index contributed by atoms with van der Waals surface area (Å²) in [5.74, 6) is 0.805. The van der Waals surface area contributed by atoms with Crippen LogP contribution in [0, 0.1) is 0 Å². The van der Waals surface area contributed by atoms with Crippen molar-refractivity contribution >= 4 is 27.6 Å². The molecule has 1 amide bonds. The number of ether oxygens (including phenoxy) is 1. The van der Waals surface area contributed by atoms with Crippen molar-refractivity contribution < 1.29 is 9.53 Å². The smallest absolute Gasteiger partial charge is 0.251 e. The molecule has 170 valence electrons. The van der Waals surface area contributed by atoms with E-state index in [4.69, 9.17) is 4.74 Å². The van der Waals surface area contributed by atoms with Crippen molar-refractivity contribution in [3.05, 3.63) is 60.2 Å². The molecule has 6 nitrogen and oxygen atoms in total. The molecule has 1 atom stereocenters. The van der Waals surface area contributed by atoms with Gasteiger partial charge in [0.25, 0.3) is 5.91 Å². The van der Waals surface area contributed by atoms with Gasteiger partial charge >= 0.3 is 0 Å². The average molecular weight is 443 g/mol. The van der Waals surface area contributed by atoms with Gasteiger partial charge in [-0.05, 0) is 87.3 Å². The van der Waals surface area contributed by atoms with Crippen molar-refractivity contribution in [2.24, 2.45) is 0 Å². The minimum Gasteiger partial charge on any atom is -0.492 e. The molecule has 3 aromatic carbocycles. The second-order valence-corrected chi connectivity index (χ2v) is 9.86. The lowest BCUT2D eigenvalue weighted by atomic mass is 10.0. The highest BCUT2D eigenvalue weighted by Gasteiger charge is 2.18. The van der Waals surface area contributed by atoms with Crippen LogP contribution in [-0.4, -0.2) is 40.8 Å². The van der Waals surface area contributed by atoms with Gasteiger partial charge in [-0.2, -0.15) is 5.10 Å². The molecule has 0 bridgehead atoms. The quantitative estimate of drug-likeness (QED) is 0.404. The fourth-order valence-electron chi connectivity index (χ4n) is 4.34. The highest BCUT2D eigenvalue weighted by atomic mass is 16.5. The maximum Gasteiger partial charge on any atom is 0.251 e. The molecule has 4 aromatic rings. The molecule has 0 saturated carbocycles. The topological polar surface area (TPSA) is 79.0 Å². The number of rotatable bonds is 5. The number of aromatic nitrogens is 2. The van der Waals surface area contributed by atoms with E-state index < -0.39 is 0 Å². The molecular weight excluding hydrogens is 412 g/mol. The number of carbonyl (C=O) groups is 1. The molecule has 0 aliphatic carbocycles. The van der Waals surface area contributed by atoms with E-state index in [1.165, 1.54) is 12.8 Å². The van der Waals surface area contributed by atoms with Crippen LogP contribution in [0.25, 0.3) is 32.9 Å². The van der Waals surface area contributed by atoms with Gasteiger partial charge in [-0.15, -0.1) is 0 Å². The third-order valence-corrected chi connectivity index (χ3v) is 6.01. The summed E-state index contributed by atoms with van der Waals surface area (Å²) in [5, 5.41) is 17.3. The van der Waals surface area contributed by atoms with Crippen molar-refractivity contribution in [1.29, 1.82) is 0 Å². The van der Waals surface area contributed by atoms with Crippen LogP contribution in [-0.2, 0) is 0 Å². The van der Waals surface area contributed by atoms with Crippen molar-refractivity contribution in [2.75, 3.05) is 13.2 Å². The molecule has 1 aromatic heterocycles. The van der Waals surface area contributed by atoms with Crippen LogP contribution in [0.3, 0.4) is 0 Å². The fraction of sp³-hybridized carbons (Fsp3) is 0.333. The van der Waals surface area contributed by atoms with Crippen LogP contribution < -0.4 is 15.4 Å². The molecular formula is C27H30N4O2. The Bertz CT molecular complexity index is 1310. The van der Waals surface area contributed by atoms with E-state index in [1.807, 2.05) is 45.0 Å². The minimum atomic E-state index is -0.292. The van der Waals surface area contributed by atoms with Crippen molar-refractivity contribution in [3.63, 3.8) is 0 Å². The first-order chi connectivity index (χ1) is 15.9. The zero-order valence-corrected chi connectivity index (χ0v) is 19.4. The Balaban J connectivity index is 1.41. The van der Waals surface area contributed by atoms with Crippen LogP contribution in [0.15, 0.2) is 54.6 Å². The summed E-state index contributed by atoms with van der Waals surface area (Å²) in [6.07, 6.45) is 2.40. The minimum absolute atomic E-state index is 0.0876. The summed E-state index contributed by atoms with van der Waals surface area (Å²) in [7, 11) is 0. The first-order valence-electron chi connectivity index (χ1n) is 11.6. The van der Waals surface area contributed by atoms with Gasteiger partial charge in [-0.1, -0.05) is 18.2 Å². The van der Waals surface area contributed by atoms with E-state index in [9.17, 15) is 4.79 Å². The third-order valence-electron chi connectivity index (χ3n) is 6.01. The van der Waals surface area contributed by atoms with E-state index in [0.717, 1.165) is 45.2 Å². The van der Waals surface area contributed by atoms with Gasteiger partial charge in [0.2, 0.25) is 0 Å². The largest absolute Gasteiger partial charge is 0.492 e. The van der Waals surface area contributed by atoms with Gasteiger partial charge in [0, 0.05) is 28.1 Å². The Morgan fingerprint density at radius 1 is 1.09 bits per heavy atom. The molecule has 0 spiro atoms. The van der Waals surface area contributed by atoms with Crippen LogP contribution in [0.5, 0.6) is 5.75 Å². The van der Waals surface area contributed by atoms with Gasteiger partial charge < -0.3 is 15.4 Å². The van der Waals surface area contributed by atoms with Crippen LogP contribution >= 0.6 is 0 Å². The van der Waals surface area contributed by atoms with Gasteiger partial charge in [-0.25, -0.2) is 0 Å². The molecule has 6 heteroatoms. The maximum absolute atomic E-state index is 12.7. The highest BCUT2D eigenvalue weighted by Crippen LogP contribution is 2.31. The Morgan fingerprint density at radius 3 is 2.70 bits per heavy atom. The van der Waals surface area contributed by atoms with Crippen LogP contribution in [0.4, 0.5) is 0 Å². The number of nitrogens with zero attached hydrogens (tertiary/aromatic N) is 1. The molecule has 2 heterocycles. The van der Waals surface area contributed by atoms with Crippen molar-refractivity contribution in [1.82, 2.24) is 20.8 Å². The molecule has 5 rings (SSSR count). The summed E-state index contributed by atoms with van der Waals surface area (Å²) in [6.45, 7) is 7.71.